The van der Waals surface area contributed by atoms with E-state index >= 15 is 0 Å². The Bertz CT molecular complexity index is 411. The van der Waals surface area contributed by atoms with Gasteiger partial charge in [-0.15, -0.1) is 24.0 Å². The van der Waals surface area contributed by atoms with Crippen molar-refractivity contribution >= 4 is 29.9 Å². The first-order chi connectivity index (χ1) is 11.4. The van der Waals surface area contributed by atoms with Gasteiger partial charge in [-0.25, -0.2) is 0 Å². The maximum atomic E-state index is 12.5. The second kappa shape index (κ2) is 10.8. The number of alkyl halides is 3. The third-order valence-corrected chi connectivity index (χ3v) is 4.71. The van der Waals surface area contributed by atoms with E-state index in [1.54, 1.807) is 0 Å². The smallest absolute Gasteiger partial charge is 0.357 e. The summed E-state index contributed by atoms with van der Waals surface area (Å²) in [4.78, 5) is 8.45. The molecule has 5 nitrogen and oxygen atoms in total. The Morgan fingerprint density at radius 1 is 1.16 bits per heavy atom. The van der Waals surface area contributed by atoms with E-state index in [2.05, 4.69) is 27.6 Å². The van der Waals surface area contributed by atoms with Gasteiger partial charge in [0.2, 0.25) is 0 Å². The molecule has 0 aromatic rings. The Morgan fingerprint density at radius 2 is 1.84 bits per heavy atom. The predicted octanol–water partition coefficient (Wildman–Crippen LogP) is 2.14. The van der Waals surface area contributed by atoms with Gasteiger partial charge in [0.25, 0.3) is 0 Å². The molecule has 2 fully saturated rings. The molecule has 2 aliphatic heterocycles. The van der Waals surface area contributed by atoms with Crippen molar-refractivity contribution in [1.29, 1.82) is 0 Å². The standard InChI is InChI=1S/C16H30F3N5.HI/c1-3-20-15(21-10-13-4-7-23(2)8-5-13)22-14-6-9-24(11-14)12-16(17,18)19;/h13-14H,3-12H2,1-2H3,(H2,20,21,22);1H. The van der Waals surface area contributed by atoms with Crippen molar-refractivity contribution < 1.29 is 13.2 Å². The first-order valence-electron chi connectivity index (χ1n) is 8.88. The first-order valence-corrected chi connectivity index (χ1v) is 8.88. The number of halogens is 4. The van der Waals surface area contributed by atoms with E-state index in [0.717, 1.165) is 45.0 Å². The Kier molecular flexibility index (Phi) is 9.79. The molecule has 2 saturated heterocycles. The number of rotatable bonds is 5. The molecule has 2 aliphatic rings. The summed E-state index contributed by atoms with van der Waals surface area (Å²) in [5.74, 6) is 1.33. The average molecular weight is 477 g/mol. The minimum Gasteiger partial charge on any atom is -0.357 e. The first kappa shape index (κ1) is 22.8. The predicted molar refractivity (Wildman–Crippen MR) is 106 cm³/mol. The highest BCUT2D eigenvalue weighted by atomic mass is 127. The molecule has 0 aromatic heterocycles. The number of hydrogen-bond donors (Lipinski definition) is 2. The molecule has 0 amide bonds. The molecule has 9 heteroatoms. The average Bonchev–Trinajstić information content (AvgIpc) is 2.91. The summed E-state index contributed by atoms with van der Waals surface area (Å²) in [7, 11) is 2.14. The van der Waals surface area contributed by atoms with Gasteiger partial charge in [0.15, 0.2) is 5.96 Å². The fourth-order valence-corrected chi connectivity index (χ4v) is 3.33. The van der Waals surface area contributed by atoms with Crippen molar-refractivity contribution in [3.63, 3.8) is 0 Å². The quantitative estimate of drug-likeness (QED) is 0.362. The van der Waals surface area contributed by atoms with Crippen LogP contribution in [0.25, 0.3) is 0 Å². The number of nitrogens with one attached hydrogen (secondary N) is 2. The lowest BCUT2D eigenvalue weighted by molar-refractivity contribution is -0.143. The van der Waals surface area contributed by atoms with Crippen LogP contribution in [0.2, 0.25) is 0 Å². The van der Waals surface area contributed by atoms with Crippen LogP contribution >= 0.6 is 24.0 Å². The molecule has 1 atom stereocenters. The zero-order valence-electron chi connectivity index (χ0n) is 15.1. The zero-order chi connectivity index (χ0) is 17.6. The Labute approximate surface area is 165 Å². The lowest BCUT2D eigenvalue weighted by Gasteiger charge is -2.28. The summed E-state index contributed by atoms with van der Waals surface area (Å²) in [5, 5.41) is 6.51. The molecule has 2 heterocycles. The van der Waals surface area contributed by atoms with Crippen LogP contribution in [0.3, 0.4) is 0 Å². The van der Waals surface area contributed by atoms with Gasteiger partial charge in [-0.3, -0.25) is 9.89 Å². The van der Waals surface area contributed by atoms with Gasteiger partial charge in [0, 0.05) is 32.2 Å². The fourth-order valence-electron chi connectivity index (χ4n) is 3.33. The lowest BCUT2D eigenvalue weighted by atomic mass is 9.97. The number of aliphatic imine (C=N–C) groups is 1. The molecule has 2 N–H and O–H groups in total. The monoisotopic (exact) mass is 477 g/mol. The van der Waals surface area contributed by atoms with Crippen LogP contribution in [-0.4, -0.2) is 80.8 Å². The van der Waals surface area contributed by atoms with E-state index in [-0.39, 0.29) is 30.0 Å². The van der Waals surface area contributed by atoms with E-state index in [1.165, 1.54) is 4.90 Å². The zero-order valence-corrected chi connectivity index (χ0v) is 17.4. The van der Waals surface area contributed by atoms with Crippen molar-refractivity contribution in [2.45, 2.75) is 38.4 Å². The van der Waals surface area contributed by atoms with Crippen LogP contribution in [0.15, 0.2) is 4.99 Å². The topological polar surface area (TPSA) is 42.9 Å². The van der Waals surface area contributed by atoms with E-state index < -0.39 is 12.7 Å². The third-order valence-electron chi connectivity index (χ3n) is 4.71. The van der Waals surface area contributed by atoms with Gasteiger partial charge < -0.3 is 15.5 Å². The third kappa shape index (κ3) is 8.76. The van der Waals surface area contributed by atoms with Crippen molar-refractivity contribution in [3.8, 4) is 0 Å². The van der Waals surface area contributed by atoms with Crippen LogP contribution in [-0.2, 0) is 0 Å². The van der Waals surface area contributed by atoms with Gasteiger partial charge in [-0.1, -0.05) is 0 Å². The molecule has 1 unspecified atom stereocenters. The summed E-state index contributed by atoms with van der Waals surface area (Å²) in [6.07, 6.45) is -1.10. The largest absolute Gasteiger partial charge is 0.401 e. The highest BCUT2D eigenvalue weighted by molar-refractivity contribution is 14.0. The van der Waals surface area contributed by atoms with Gasteiger partial charge >= 0.3 is 6.18 Å². The molecule has 0 spiro atoms. The summed E-state index contributed by atoms with van der Waals surface area (Å²) in [6, 6.07) is 0.0302. The van der Waals surface area contributed by atoms with Crippen LogP contribution < -0.4 is 10.6 Å². The number of piperidine rings is 1. The summed E-state index contributed by atoms with van der Waals surface area (Å²) in [5.41, 5.74) is 0. The molecule has 0 aliphatic carbocycles. The molecule has 0 radical (unpaired) electrons. The van der Waals surface area contributed by atoms with E-state index in [0.29, 0.717) is 25.4 Å². The highest BCUT2D eigenvalue weighted by Crippen LogP contribution is 2.20. The van der Waals surface area contributed by atoms with Gasteiger partial charge in [0.1, 0.15) is 0 Å². The summed E-state index contributed by atoms with van der Waals surface area (Å²) >= 11 is 0. The van der Waals surface area contributed by atoms with Gasteiger partial charge in [0.05, 0.1) is 6.54 Å². The van der Waals surface area contributed by atoms with E-state index in [1.807, 2.05) is 6.92 Å². The van der Waals surface area contributed by atoms with Gasteiger partial charge in [-0.2, -0.15) is 13.2 Å². The maximum absolute atomic E-state index is 12.5. The molecule has 25 heavy (non-hydrogen) atoms. The molecular weight excluding hydrogens is 446 g/mol. The fraction of sp³-hybridized carbons (Fsp3) is 0.938. The van der Waals surface area contributed by atoms with Crippen molar-refractivity contribution in [2.24, 2.45) is 10.9 Å². The molecular formula is C16H31F3IN5. The number of nitrogens with zero attached hydrogens (tertiary/aromatic N) is 3. The Hall–Kier alpha value is -0.290. The molecule has 148 valence electrons. The Balaban J connectivity index is 0.00000312. The Morgan fingerprint density at radius 3 is 2.44 bits per heavy atom. The van der Waals surface area contributed by atoms with Crippen LogP contribution in [0, 0.1) is 5.92 Å². The number of hydrogen-bond acceptors (Lipinski definition) is 3. The molecule has 0 bridgehead atoms. The number of guanidine groups is 1. The van der Waals surface area contributed by atoms with E-state index in [9.17, 15) is 13.2 Å². The van der Waals surface area contributed by atoms with Crippen molar-refractivity contribution in [3.05, 3.63) is 0 Å². The van der Waals surface area contributed by atoms with Crippen LogP contribution in [0.5, 0.6) is 0 Å². The molecule has 2 rings (SSSR count). The minimum absolute atomic E-state index is 0. The highest BCUT2D eigenvalue weighted by Gasteiger charge is 2.34. The van der Waals surface area contributed by atoms with Crippen LogP contribution in [0.1, 0.15) is 26.2 Å². The minimum atomic E-state index is -4.12. The van der Waals surface area contributed by atoms with Gasteiger partial charge in [-0.05, 0) is 52.2 Å². The van der Waals surface area contributed by atoms with Crippen LogP contribution in [0.4, 0.5) is 13.2 Å². The number of likely N-dealkylation sites (tertiary alicyclic amines) is 2. The second-order valence-corrected chi connectivity index (χ2v) is 6.95. The normalized spacial score (nSPS) is 24.2. The molecule has 0 aromatic carbocycles. The maximum Gasteiger partial charge on any atom is 0.401 e. The van der Waals surface area contributed by atoms with Crippen molar-refractivity contribution in [2.75, 3.05) is 52.9 Å². The van der Waals surface area contributed by atoms with E-state index in [4.69, 9.17) is 0 Å². The SMILES string of the molecule is CCNC(=NCC1CCN(C)CC1)NC1CCN(CC(F)(F)F)C1.I. The van der Waals surface area contributed by atoms with Crippen molar-refractivity contribution in [1.82, 2.24) is 20.4 Å². The lowest BCUT2D eigenvalue weighted by Crippen LogP contribution is -2.45. The summed E-state index contributed by atoms with van der Waals surface area (Å²) < 4.78 is 37.4. The second-order valence-electron chi connectivity index (χ2n) is 6.95. The molecule has 0 saturated carbocycles. The summed E-state index contributed by atoms with van der Waals surface area (Å²) in [6.45, 7) is 5.81.